The smallest absolute Gasteiger partial charge is 0.338 e. The van der Waals surface area contributed by atoms with E-state index in [-0.39, 0.29) is 11.3 Å². The van der Waals surface area contributed by atoms with E-state index >= 15 is 0 Å². The summed E-state index contributed by atoms with van der Waals surface area (Å²) in [4.78, 5) is 12.7. The third-order valence-corrected chi connectivity index (χ3v) is 5.74. The Bertz CT molecular complexity index is 1000. The van der Waals surface area contributed by atoms with Crippen LogP contribution >= 0.6 is 0 Å². The number of nitrogens with zero attached hydrogens (tertiary/aromatic N) is 1. The Balaban J connectivity index is 1.96. The fraction of sp³-hybridized carbons (Fsp3) is 0.278. The summed E-state index contributed by atoms with van der Waals surface area (Å²) < 4.78 is 55.3. The molecule has 3 rings (SSSR count). The molecule has 0 atom stereocenters. The molecular weight excluding hydrogens is 378 g/mol. The van der Waals surface area contributed by atoms with E-state index in [2.05, 4.69) is 4.72 Å². The van der Waals surface area contributed by atoms with E-state index in [0.29, 0.717) is 5.69 Å². The zero-order valence-electron chi connectivity index (χ0n) is 14.5. The van der Waals surface area contributed by atoms with Crippen molar-refractivity contribution in [3.63, 3.8) is 0 Å². The van der Waals surface area contributed by atoms with Crippen LogP contribution in [0.25, 0.3) is 0 Å². The molecule has 2 aromatic rings. The highest BCUT2D eigenvalue weighted by atomic mass is 32.2. The molecule has 1 aliphatic rings. The van der Waals surface area contributed by atoms with Gasteiger partial charge in [0.1, 0.15) is 11.6 Å². The number of carboxylic acid groups (broad SMARTS) is 1. The maximum Gasteiger partial charge on any atom is 0.338 e. The Hall–Kier alpha value is -2.68. The number of anilines is 2. The first-order chi connectivity index (χ1) is 12.7. The molecule has 1 fully saturated rings. The van der Waals surface area contributed by atoms with Crippen molar-refractivity contribution in [1.29, 1.82) is 0 Å². The van der Waals surface area contributed by atoms with E-state index in [0.717, 1.165) is 44.1 Å². The van der Waals surface area contributed by atoms with Crippen LogP contribution in [0, 0.1) is 18.6 Å². The van der Waals surface area contributed by atoms with Crippen LogP contribution < -0.4 is 9.62 Å². The molecule has 1 saturated heterocycles. The third kappa shape index (κ3) is 4.02. The molecule has 2 N–H and O–H groups in total. The first-order valence-electron chi connectivity index (χ1n) is 8.29. The van der Waals surface area contributed by atoms with Gasteiger partial charge >= 0.3 is 5.97 Å². The van der Waals surface area contributed by atoms with Crippen molar-refractivity contribution < 1.29 is 27.1 Å². The summed E-state index contributed by atoms with van der Waals surface area (Å²) >= 11 is 0. The maximum absolute atomic E-state index is 14.0. The minimum absolute atomic E-state index is 0.00996. The van der Waals surface area contributed by atoms with Gasteiger partial charge in [0.05, 0.1) is 16.1 Å². The standard InChI is InChI=1S/C18H18F2N2O4S/c1-11-6-15(10-16(17(11)20)18(23)24)27(25,26)21-13-7-12(19)8-14(9-13)22-4-2-3-5-22/h6-10,21H,2-5H2,1H3,(H,23,24). The van der Waals surface area contributed by atoms with E-state index in [9.17, 15) is 22.0 Å². The number of hydrogen-bond donors (Lipinski definition) is 2. The second-order valence-corrected chi connectivity index (χ2v) is 8.09. The number of carboxylic acids is 1. The molecule has 2 aromatic carbocycles. The highest BCUT2D eigenvalue weighted by Crippen LogP contribution is 2.27. The van der Waals surface area contributed by atoms with Crippen LogP contribution in [-0.4, -0.2) is 32.6 Å². The number of aromatic carboxylic acids is 1. The van der Waals surface area contributed by atoms with Crippen molar-refractivity contribution in [2.24, 2.45) is 0 Å². The number of nitrogens with one attached hydrogen (secondary N) is 1. The van der Waals surface area contributed by atoms with E-state index < -0.39 is 38.1 Å². The molecular formula is C18H18F2N2O4S. The highest BCUT2D eigenvalue weighted by molar-refractivity contribution is 7.92. The summed E-state index contributed by atoms with van der Waals surface area (Å²) in [7, 11) is -4.23. The van der Waals surface area contributed by atoms with Crippen molar-refractivity contribution in [2.45, 2.75) is 24.7 Å². The summed E-state index contributed by atoms with van der Waals surface area (Å²) in [5, 5.41) is 9.05. The van der Waals surface area contributed by atoms with Crippen molar-refractivity contribution in [3.8, 4) is 0 Å². The molecule has 0 radical (unpaired) electrons. The average molecular weight is 396 g/mol. The molecule has 0 aliphatic carbocycles. The van der Waals surface area contributed by atoms with Crippen LogP contribution in [0.3, 0.4) is 0 Å². The Morgan fingerprint density at radius 2 is 1.78 bits per heavy atom. The van der Waals surface area contributed by atoms with Gasteiger partial charge in [-0.15, -0.1) is 0 Å². The van der Waals surface area contributed by atoms with Crippen LogP contribution in [0.4, 0.5) is 20.2 Å². The largest absolute Gasteiger partial charge is 0.478 e. The molecule has 0 spiro atoms. The molecule has 27 heavy (non-hydrogen) atoms. The second kappa shape index (κ2) is 7.15. The van der Waals surface area contributed by atoms with E-state index in [1.807, 2.05) is 4.90 Å². The fourth-order valence-corrected chi connectivity index (χ4v) is 4.20. The highest BCUT2D eigenvalue weighted by Gasteiger charge is 2.22. The SMILES string of the molecule is Cc1cc(S(=O)(=O)Nc2cc(F)cc(N3CCCC3)c2)cc(C(=O)O)c1F. The number of hydrogen-bond acceptors (Lipinski definition) is 4. The molecule has 1 heterocycles. The van der Waals surface area contributed by atoms with Crippen molar-refractivity contribution in [1.82, 2.24) is 0 Å². The Kier molecular flexibility index (Phi) is 5.05. The van der Waals surface area contributed by atoms with Gasteiger partial charge in [-0.2, -0.15) is 0 Å². The Morgan fingerprint density at radius 3 is 2.41 bits per heavy atom. The zero-order valence-corrected chi connectivity index (χ0v) is 15.3. The lowest BCUT2D eigenvalue weighted by Crippen LogP contribution is -2.19. The average Bonchev–Trinajstić information content (AvgIpc) is 3.10. The van der Waals surface area contributed by atoms with Crippen LogP contribution in [0.2, 0.25) is 0 Å². The topological polar surface area (TPSA) is 86.7 Å². The summed E-state index contributed by atoms with van der Waals surface area (Å²) in [5.41, 5.74) is -0.290. The number of benzene rings is 2. The van der Waals surface area contributed by atoms with Crippen LogP contribution in [-0.2, 0) is 10.0 Å². The Labute approximate surface area is 155 Å². The zero-order chi connectivity index (χ0) is 19.8. The quantitative estimate of drug-likeness (QED) is 0.809. The van der Waals surface area contributed by atoms with Crippen LogP contribution in [0.5, 0.6) is 0 Å². The van der Waals surface area contributed by atoms with Crippen LogP contribution in [0.15, 0.2) is 35.2 Å². The Morgan fingerprint density at radius 1 is 1.11 bits per heavy atom. The summed E-state index contributed by atoms with van der Waals surface area (Å²) in [6.45, 7) is 2.79. The number of rotatable bonds is 5. The molecule has 1 aliphatic heterocycles. The number of sulfonamides is 1. The van der Waals surface area contributed by atoms with Crippen molar-refractivity contribution in [3.05, 3.63) is 53.1 Å². The molecule has 0 saturated carbocycles. The van der Waals surface area contributed by atoms with Crippen molar-refractivity contribution >= 4 is 27.4 Å². The molecule has 6 nitrogen and oxygen atoms in total. The predicted molar refractivity (Wildman–Crippen MR) is 96.8 cm³/mol. The molecule has 0 amide bonds. The number of carbonyl (C=O) groups is 1. The number of halogens is 2. The summed E-state index contributed by atoms with van der Waals surface area (Å²) in [6.07, 6.45) is 1.95. The molecule has 9 heteroatoms. The van der Waals surface area contributed by atoms with Gasteiger partial charge in [0.15, 0.2) is 0 Å². The monoisotopic (exact) mass is 396 g/mol. The van der Waals surface area contributed by atoms with Gasteiger partial charge in [-0.1, -0.05) is 0 Å². The van der Waals surface area contributed by atoms with Crippen LogP contribution in [0.1, 0.15) is 28.8 Å². The minimum atomic E-state index is -4.23. The molecule has 144 valence electrons. The molecule has 0 bridgehead atoms. The van der Waals surface area contributed by atoms with Gasteiger partial charge in [0.25, 0.3) is 10.0 Å². The predicted octanol–water partition coefficient (Wildman–Crippen LogP) is 3.37. The minimum Gasteiger partial charge on any atom is -0.478 e. The number of aryl methyl sites for hydroxylation is 1. The lowest BCUT2D eigenvalue weighted by Gasteiger charge is -2.19. The summed E-state index contributed by atoms with van der Waals surface area (Å²) in [5.74, 6) is -3.17. The summed E-state index contributed by atoms with van der Waals surface area (Å²) in [6, 6.07) is 5.65. The van der Waals surface area contributed by atoms with Gasteiger partial charge in [0, 0.05) is 18.8 Å². The first-order valence-corrected chi connectivity index (χ1v) is 9.77. The molecule has 0 unspecified atom stereocenters. The van der Waals surface area contributed by atoms with Gasteiger partial charge < -0.3 is 10.0 Å². The van der Waals surface area contributed by atoms with E-state index in [1.165, 1.54) is 19.1 Å². The molecule has 0 aromatic heterocycles. The van der Waals surface area contributed by atoms with E-state index in [4.69, 9.17) is 5.11 Å². The lowest BCUT2D eigenvalue weighted by molar-refractivity contribution is 0.0691. The van der Waals surface area contributed by atoms with Gasteiger partial charge in [0.2, 0.25) is 0 Å². The van der Waals surface area contributed by atoms with Gasteiger partial charge in [-0.25, -0.2) is 22.0 Å². The fourth-order valence-electron chi connectivity index (χ4n) is 3.05. The third-order valence-electron chi connectivity index (χ3n) is 4.37. The normalized spacial score (nSPS) is 14.4. The van der Waals surface area contributed by atoms with E-state index in [1.54, 1.807) is 0 Å². The first kappa shape index (κ1) is 19.1. The maximum atomic E-state index is 14.0. The van der Waals surface area contributed by atoms with Gasteiger partial charge in [-0.05, 0) is 55.7 Å². The lowest BCUT2D eigenvalue weighted by atomic mass is 10.1. The van der Waals surface area contributed by atoms with Crippen molar-refractivity contribution in [2.75, 3.05) is 22.7 Å². The second-order valence-electron chi connectivity index (χ2n) is 6.40. The van der Waals surface area contributed by atoms with Gasteiger partial charge in [-0.3, -0.25) is 4.72 Å².